The Balaban J connectivity index is 1.20. The van der Waals surface area contributed by atoms with E-state index < -0.39 is 18.3 Å². The first-order valence-electron chi connectivity index (χ1n) is 13.3. The van der Waals surface area contributed by atoms with Gasteiger partial charge in [0.15, 0.2) is 23.3 Å². The van der Waals surface area contributed by atoms with Crippen molar-refractivity contribution in [3.8, 4) is 0 Å². The summed E-state index contributed by atoms with van der Waals surface area (Å²) in [6.07, 6.45) is 4.53. The van der Waals surface area contributed by atoms with E-state index in [9.17, 15) is 9.59 Å². The fourth-order valence-corrected chi connectivity index (χ4v) is 4.92. The predicted octanol–water partition coefficient (Wildman–Crippen LogP) is 4.13. The van der Waals surface area contributed by atoms with Crippen molar-refractivity contribution < 1.29 is 28.5 Å². The summed E-state index contributed by atoms with van der Waals surface area (Å²) in [5, 5.41) is 2.82. The molecular weight excluding hydrogens is 514 g/mol. The van der Waals surface area contributed by atoms with Gasteiger partial charge >= 0.3 is 5.97 Å². The topological polar surface area (TPSA) is 127 Å². The van der Waals surface area contributed by atoms with E-state index in [-0.39, 0.29) is 24.9 Å². The van der Waals surface area contributed by atoms with Crippen molar-refractivity contribution in [1.82, 2.24) is 19.5 Å². The number of fused-ring (bicyclic) bond motifs is 1. The van der Waals surface area contributed by atoms with Crippen LogP contribution in [0, 0.1) is 0 Å². The molecule has 11 heteroatoms. The zero-order valence-corrected chi connectivity index (χ0v) is 21.7. The fourth-order valence-electron chi connectivity index (χ4n) is 4.92. The van der Waals surface area contributed by atoms with Gasteiger partial charge in [-0.2, -0.15) is 0 Å². The van der Waals surface area contributed by atoms with Gasteiger partial charge in [0.2, 0.25) is 0 Å². The lowest BCUT2D eigenvalue weighted by atomic mass is 10.1. The minimum Gasteiger partial charge on any atom is -0.459 e. The molecule has 2 aromatic heterocycles. The Bertz CT molecular complexity index is 1460. The normalized spacial score (nSPS) is 22.7. The lowest BCUT2D eigenvalue weighted by molar-refractivity contribution is -0.199. The van der Waals surface area contributed by atoms with E-state index in [0.717, 1.165) is 19.3 Å². The highest BCUT2D eigenvalue weighted by molar-refractivity contribution is 6.06. The van der Waals surface area contributed by atoms with Gasteiger partial charge < -0.3 is 24.3 Å². The number of carbonyl (C=O) groups is 2. The number of hydrogen-bond donors (Lipinski definition) is 1. The van der Waals surface area contributed by atoms with Crippen molar-refractivity contribution in [3.63, 3.8) is 0 Å². The van der Waals surface area contributed by atoms with Gasteiger partial charge in [-0.05, 0) is 43.5 Å². The molecule has 0 spiro atoms. The highest BCUT2D eigenvalue weighted by atomic mass is 16.7. The molecule has 4 aromatic rings. The zero-order chi connectivity index (χ0) is 27.3. The first-order valence-corrected chi connectivity index (χ1v) is 13.3. The Morgan fingerprint density at radius 3 is 2.50 bits per heavy atom. The number of benzene rings is 2. The number of imidazole rings is 1. The quantitative estimate of drug-likeness (QED) is 0.326. The molecule has 0 radical (unpaired) electrons. The summed E-state index contributed by atoms with van der Waals surface area (Å²) in [6.45, 7) is 0.664. The number of amides is 1. The van der Waals surface area contributed by atoms with Gasteiger partial charge in [0.25, 0.3) is 5.91 Å². The molecule has 4 heterocycles. The Labute approximate surface area is 230 Å². The number of rotatable bonds is 8. The number of nitrogens with one attached hydrogen (secondary N) is 1. The fraction of sp³-hybridized carbons (Fsp3) is 0.345. The third-order valence-electron chi connectivity index (χ3n) is 6.97. The van der Waals surface area contributed by atoms with E-state index in [4.69, 9.17) is 18.9 Å². The van der Waals surface area contributed by atoms with Crippen LogP contribution in [0.25, 0.3) is 11.2 Å². The van der Waals surface area contributed by atoms with E-state index in [1.165, 1.54) is 6.33 Å². The molecule has 0 aliphatic carbocycles. The molecule has 1 unspecified atom stereocenters. The summed E-state index contributed by atoms with van der Waals surface area (Å²) in [5.41, 5.74) is 1.90. The third kappa shape index (κ3) is 5.71. The van der Waals surface area contributed by atoms with Crippen molar-refractivity contribution in [3.05, 3.63) is 84.4 Å². The number of anilines is 1. The molecule has 2 aliphatic heterocycles. The minimum atomic E-state index is -0.528. The Morgan fingerprint density at radius 2 is 1.75 bits per heavy atom. The van der Waals surface area contributed by atoms with Crippen LogP contribution in [0.1, 0.15) is 52.6 Å². The maximum absolute atomic E-state index is 12.7. The molecule has 6 rings (SSSR count). The lowest BCUT2D eigenvalue weighted by Gasteiger charge is -2.27. The first kappa shape index (κ1) is 26.1. The minimum absolute atomic E-state index is 0.0155. The van der Waals surface area contributed by atoms with Gasteiger partial charge in [-0.25, -0.2) is 19.7 Å². The maximum Gasteiger partial charge on any atom is 0.338 e. The van der Waals surface area contributed by atoms with E-state index in [0.29, 0.717) is 41.1 Å². The number of ether oxygens (including phenoxy) is 4. The molecule has 11 nitrogen and oxygen atoms in total. The Hall–Kier alpha value is -4.19. The van der Waals surface area contributed by atoms with Gasteiger partial charge in [-0.1, -0.05) is 36.4 Å². The van der Waals surface area contributed by atoms with Crippen LogP contribution in [0.2, 0.25) is 0 Å². The number of aromatic nitrogens is 4. The predicted molar refractivity (Wildman–Crippen MR) is 143 cm³/mol. The molecule has 2 aromatic carbocycles. The Morgan fingerprint density at radius 1 is 0.975 bits per heavy atom. The zero-order valence-electron chi connectivity index (χ0n) is 21.7. The van der Waals surface area contributed by atoms with E-state index in [1.54, 1.807) is 59.4 Å². The summed E-state index contributed by atoms with van der Waals surface area (Å²) < 4.78 is 25.9. The second-order valence-electron chi connectivity index (χ2n) is 9.67. The molecule has 206 valence electrons. The standard InChI is InChI=1S/C29H29N5O6/c35-28(19-9-3-1-4-10-19)33-26-25-27(31-17-30-26)34(18-32-25)23-15-21(40-24-13-7-8-14-37-24)22(39-23)16-38-29(36)20-11-5-2-6-12-20/h1-6,9-12,17-18,21-24H,7-8,13-16H2,(H,30,31,33,35)/t21-,22+,23+,24?/m0/s1. The van der Waals surface area contributed by atoms with Crippen LogP contribution in [0.5, 0.6) is 0 Å². The van der Waals surface area contributed by atoms with Crippen LogP contribution in [0.3, 0.4) is 0 Å². The van der Waals surface area contributed by atoms with Crippen LogP contribution in [0.4, 0.5) is 5.82 Å². The van der Waals surface area contributed by atoms with Gasteiger partial charge in [0.1, 0.15) is 25.3 Å². The van der Waals surface area contributed by atoms with Gasteiger partial charge in [0.05, 0.1) is 18.0 Å². The highest BCUT2D eigenvalue weighted by Gasteiger charge is 2.40. The number of nitrogens with zero attached hydrogens (tertiary/aromatic N) is 4. The van der Waals surface area contributed by atoms with E-state index in [2.05, 4.69) is 20.3 Å². The average Bonchev–Trinajstić information content (AvgIpc) is 3.62. The van der Waals surface area contributed by atoms with E-state index in [1.807, 2.05) is 12.1 Å². The average molecular weight is 544 g/mol. The molecule has 2 fully saturated rings. The van der Waals surface area contributed by atoms with Crippen LogP contribution in [0.15, 0.2) is 73.3 Å². The molecule has 1 amide bonds. The molecule has 2 aliphatic rings. The van der Waals surface area contributed by atoms with Crippen LogP contribution in [-0.4, -0.2) is 63.1 Å². The summed E-state index contributed by atoms with van der Waals surface area (Å²) in [4.78, 5) is 38.5. The van der Waals surface area contributed by atoms with Crippen LogP contribution < -0.4 is 5.32 Å². The molecule has 2 saturated heterocycles. The smallest absolute Gasteiger partial charge is 0.338 e. The number of carbonyl (C=O) groups excluding carboxylic acids is 2. The van der Waals surface area contributed by atoms with Crippen LogP contribution >= 0.6 is 0 Å². The summed E-state index contributed by atoms with van der Waals surface area (Å²) in [6, 6.07) is 17.7. The second kappa shape index (κ2) is 11.9. The van der Waals surface area contributed by atoms with E-state index >= 15 is 0 Å². The van der Waals surface area contributed by atoms with Crippen LogP contribution in [-0.2, 0) is 18.9 Å². The SMILES string of the molecule is O=C(Nc1ncnc2c1ncn2[C@H]1C[C@H](OC2CCCCO2)[C@@H](COC(=O)c2ccccc2)O1)c1ccccc1. The van der Waals surface area contributed by atoms with Gasteiger partial charge in [-0.15, -0.1) is 0 Å². The van der Waals surface area contributed by atoms with Gasteiger partial charge in [0, 0.05) is 18.6 Å². The largest absolute Gasteiger partial charge is 0.459 e. The molecule has 0 bridgehead atoms. The van der Waals surface area contributed by atoms with Crippen molar-refractivity contribution >= 4 is 28.9 Å². The summed E-state index contributed by atoms with van der Waals surface area (Å²) in [5.74, 6) is -0.430. The summed E-state index contributed by atoms with van der Waals surface area (Å²) in [7, 11) is 0. The summed E-state index contributed by atoms with van der Waals surface area (Å²) >= 11 is 0. The third-order valence-corrected chi connectivity index (χ3v) is 6.97. The molecule has 1 N–H and O–H groups in total. The van der Waals surface area contributed by atoms with Crippen molar-refractivity contribution in [2.75, 3.05) is 18.5 Å². The highest BCUT2D eigenvalue weighted by Crippen LogP contribution is 2.35. The molecular formula is C29H29N5O6. The number of hydrogen-bond acceptors (Lipinski definition) is 9. The van der Waals surface area contributed by atoms with Crippen molar-refractivity contribution in [2.45, 2.75) is 50.4 Å². The monoisotopic (exact) mass is 543 g/mol. The van der Waals surface area contributed by atoms with Gasteiger partial charge in [-0.3, -0.25) is 9.36 Å². The van der Waals surface area contributed by atoms with Crippen molar-refractivity contribution in [1.29, 1.82) is 0 Å². The Kier molecular flexibility index (Phi) is 7.76. The second-order valence-corrected chi connectivity index (χ2v) is 9.67. The molecule has 0 saturated carbocycles. The van der Waals surface area contributed by atoms with Crippen molar-refractivity contribution in [2.24, 2.45) is 0 Å². The molecule has 4 atom stereocenters. The maximum atomic E-state index is 12.7. The first-order chi connectivity index (χ1) is 19.7. The molecule has 40 heavy (non-hydrogen) atoms. The number of esters is 1. The lowest BCUT2D eigenvalue weighted by Crippen LogP contribution is -2.35.